The van der Waals surface area contributed by atoms with Crippen molar-refractivity contribution >= 4 is 10.8 Å². The quantitative estimate of drug-likeness (QED) is 0.816. The molecule has 0 saturated heterocycles. The Labute approximate surface area is 111 Å². The van der Waals surface area contributed by atoms with Gasteiger partial charge in [-0.1, -0.05) is 48.5 Å². The number of hydrogen-bond donors (Lipinski definition) is 0. The fourth-order valence-corrected chi connectivity index (χ4v) is 3.39. The van der Waals surface area contributed by atoms with Gasteiger partial charge in [0.15, 0.2) is 0 Å². The number of rotatable bonds is 4. The maximum Gasteiger partial charge on any atom is 0.0491 e. The van der Waals surface area contributed by atoms with Crippen LogP contribution in [0.5, 0.6) is 0 Å². The predicted octanol–water partition coefficient (Wildman–Crippen LogP) is 3.75. The maximum atomic E-state index is 12.2. The Bertz CT molecular complexity index is 511. The molecule has 0 bridgehead atoms. The summed E-state index contributed by atoms with van der Waals surface area (Å²) in [4.78, 5) is 0. The van der Waals surface area contributed by atoms with Crippen molar-refractivity contribution in [3.8, 4) is 0 Å². The number of hydrogen-bond acceptors (Lipinski definition) is 1. The van der Waals surface area contributed by atoms with Crippen LogP contribution in [0, 0.1) is 13.8 Å². The second-order valence-electron chi connectivity index (χ2n) is 4.58. The molecule has 0 atom stereocenters. The Morgan fingerprint density at radius 1 is 0.778 bits per heavy atom. The summed E-state index contributed by atoms with van der Waals surface area (Å²) in [5.41, 5.74) is 4.81. The van der Waals surface area contributed by atoms with Crippen molar-refractivity contribution in [1.29, 1.82) is 0 Å². The van der Waals surface area contributed by atoms with Gasteiger partial charge in [-0.05, 0) is 36.1 Å². The molecule has 2 aromatic carbocycles. The summed E-state index contributed by atoms with van der Waals surface area (Å²) in [7, 11) is -0.843. The maximum absolute atomic E-state index is 12.2. The Kier molecular flexibility index (Phi) is 4.32. The molecule has 0 fully saturated rings. The summed E-state index contributed by atoms with van der Waals surface area (Å²) in [5, 5.41) is 0. The second kappa shape index (κ2) is 5.96. The van der Waals surface area contributed by atoms with E-state index in [1.165, 1.54) is 22.3 Å². The third-order valence-electron chi connectivity index (χ3n) is 3.16. The second-order valence-corrected chi connectivity index (χ2v) is 6.04. The first-order valence-electron chi connectivity index (χ1n) is 6.11. The lowest BCUT2D eigenvalue weighted by Crippen LogP contribution is -2.02. The zero-order valence-electron chi connectivity index (χ0n) is 10.8. The van der Waals surface area contributed by atoms with E-state index in [1.807, 2.05) is 24.3 Å². The lowest BCUT2D eigenvalue weighted by Gasteiger charge is -2.07. The largest absolute Gasteiger partial charge is 0.259 e. The molecule has 0 aliphatic rings. The third-order valence-corrected chi connectivity index (χ3v) is 4.42. The molecule has 0 radical (unpaired) electrons. The highest BCUT2D eigenvalue weighted by Crippen LogP contribution is 2.14. The summed E-state index contributed by atoms with van der Waals surface area (Å²) in [6, 6.07) is 16.3. The van der Waals surface area contributed by atoms with Crippen LogP contribution in [-0.2, 0) is 22.3 Å². The van der Waals surface area contributed by atoms with Crippen LogP contribution in [0.4, 0.5) is 0 Å². The van der Waals surface area contributed by atoms with Crippen LogP contribution < -0.4 is 0 Å². The summed E-state index contributed by atoms with van der Waals surface area (Å²) in [6.45, 7) is 4.14. The first kappa shape index (κ1) is 13.0. The molecule has 0 saturated carbocycles. The van der Waals surface area contributed by atoms with Crippen molar-refractivity contribution in [1.82, 2.24) is 0 Å². The van der Waals surface area contributed by atoms with Crippen molar-refractivity contribution in [3.63, 3.8) is 0 Å². The van der Waals surface area contributed by atoms with E-state index in [-0.39, 0.29) is 0 Å². The summed E-state index contributed by atoms with van der Waals surface area (Å²) in [5.74, 6) is 1.28. The van der Waals surface area contributed by atoms with Gasteiger partial charge in [-0.3, -0.25) is 4.21 Å². The number of benzene rings is 2. The highest BCUT2D eigenvalue weighted by Gasteiger charge is 2.06. The molecule has 0 heterocycles. The van der Waals surface area contributed by atoms with E-state index >= 15 is 0 Å². The molecule has 0 aliphatic carbocycles. The molecule has 0 spiro atoms. The minimum atomic E-state index is -0.843. The predicted molar refractivity (Wildman–Crippen MR) is 77.9 cm³/mol. The van der Waals surface area contributed by atoms with E-state index in [2.05, 4.69) is 38.1 Å². The average molecular weight is 258 g/mol. The smallest absolute Gasteiger partial charge is 0.0491 e. The molecule has 0 amide bonds. The van der Waals surface area contributed by atoms with E-state index in [0.29, 0.717) is 11.5 Å². The highest BCUT2D eigenvalue weighted by atomic mass is 32.2. The van der Waals surface area contributed by atoms with Gasteiger partial charge in [0.1, 0.15) is 0 Å². The lowest BCUT2D eigenvalue weighted by molar-refractivity contribution is 0.682. The Morgan fingerprint density at radius 3 is 1.56 bits per heavy atom. The van der Waals surface area contributed by atoms with Gasteiger partial charge in [-0.15, -0.1) is 0 Å². The average Bonchev–Trinajstić information content (AvgIpc) is 2.35. The van der Waals surface area contributed by atoms with Crippen molar-refractivity contribution < 1.29 is 4.21 Å². The molecule has 0 N–H and O–H groups in total. The van der Waals surface area contributed by atoms with Gasteiger partial charge in [0, 0.05) is 22.3 Å². The number of aryl methyl sites for hydroxylation is 2. The van der Waals surface area contributed by atoms with Crippen LogP contribution >= 0.6 is 0 Å². The van der Waals surface area contributed by atoms with Gasteiger partial charge < -0.3 is 0 Å². The Balaban J connectivity index is 2.06. The minimum absolute atomic E-state index is 0.640. The Hall–Kier alpha value is -1.41. The molecule has 2 rings (SSSR count). The zero-order chi connectivity index (χ0) is 13.0. The van der Waals surface area contributed by atoms with Crippen LogP contribution in [0.15, 0.2) is 48.5 Å². The normalized spacial score (nSPS) is 10.8. The fraction of sp³-hybridized carbons (Fsp3) is 0.250. The Morgan fingerprint density at radius 2 is 1.17 bits per heavy atom. The molecular formula is C16H18OS. The van der Waals surface area contributed by atoms with Crippen molar-refractivity contribution in [2.45, 2.75) is 25.4 Å². The standard InChI is InChI=1S/C16H18OS/c1-13-7-3-5-9-15(13)11-18(17)12-16-10-6-4-8-14(16)2/h3-10H,11-12H2,1-2H3. The summed E-state index contributed by atoms with van der Waals surface area (Å²) in [6.07, 6.45) is 0. The van der Waals surface area contributed by atoms with Gasteiger partial charge in [-0.2, -0.15) is 0 Å². The van der Waals surface area contributed by atoms with Crippen LogP contribution in [0.3, 0.4) is 0 Å². The molecule has 0 aliphatic heterocycles. The topological polar surface area (TPSA) is 17.1 Å². The lowest BCUT2D eigenvalue weighted by atomic mass is 10.1. The van der Waals surface area contributed by atoms with Crippen LogP contribution in [-0.4, -0.2) is 4.21 Å². The van der Waals surface area contributed by atoms with Crippen LogP contribution in [0.1, 0.15) is 22.3 Å². The monoisotopic (exact) mass is 258 g/mol. The van der Waals surface area contributed by atoms with Gasteiger partial charge in [-0.25, -0.2) is 0 Å². The molecule has 0 aromatic heterocycles. The van der Waals surface area contributed by atoms with Gasteiger partial charge >= 0.3 is 0 Å². The molecule has 1 nitrogen and oxygen atoms in total. The summed E-state index contributed by atoms with van der Waals surface area (Å²) < 4.78 is 12.2. The van der Waals surface area contributed by atoms with E-state index < -0.39 is 10.8 Å². The van der Waals surface area contributed by atoms with Crippen molar-refractivity contribution in [3.05, 3.63) is 70.8 Å². The highest BCUT2D eigenvalue weighted by molar-refractivity contribution is 7.83. The van der Waals surface area contributed by atoms with Gasteiger partial charge in [0.2, 0.25) is 0 Å². The van der Waals surface area contributed by atoms with E-state index in [1.54, 1.807) is 0 Å². The fourth-order valence-electron chi connectivity index (χ4n) is 1.94. The van der Waals surface area contributed by atoms with E-state index in [9.17, 15) is 4.21 Å². The SMILES string of the molecule is Cc1ccccc1CS(=O)Cc1ccccc1C. The van der Waals surface area contributed by atoms with Crippen molar-refractivity contribution in [2.24, 2.45) is 0 Å². The van der Waals surface area contributed by atoms with Gasteiger partial charge in [0.25, 0.3) is 0 Å². The van der Waals surface area contributed by atoms with Gasteiger partial charge in [0.05, 0.1) is 0 Å². The zero-order valence-corrected chi connectivity index (χ0v) is 11.7. The molecular weight excluding hydrogens is 240 g/mol. The molecule has 94 valence electrons. The summed E-state index contributed by atoms with van der Waals surface area (Å²) >= 11 is 0. The van der Waals surface area contributed by atoms with E-state index in [4.69, 9.17) is 0 Å². The molecule has 18 heavy (non-hydrogen) atoms. The first-order valence-corrected chi connectivity index (χ1v) is 7.59. The molecule has 2 heteroatoms. The van der Waals surface area contributed by atoms with E-state index in [0.717, 1.165) is 0 Å². The third kappa shape index (κ3) is 3.30. The van der Waals surface area contributed by atoms with Crippen molar-refractivity contribution in [2.75, 3.05) is 0 Å². The first-order chi connectivity index (χ1) is 8.66. The molecule has 2 aromatic rings. The minimum Gasteiger partial charge on any atom is -0.259 e. The van der Waals surface area contributed by atoms with Crippen LogP contribution in [0.25, 0.3) is 0 Å². The molecule has 0 unspecified atom stereocenters. The van der Waals surface area contributed by atoms with Crippen LogP contribution in [0.2, 0.25) is 0 Å².